The van der Waals surface area contributed by atoms with Gasteiger partial charge in [-0.05, 0) is 70.1 Å². The number of pyridine rings is 2. The van der Waals surface area contributed by atoms with E-state index in [0.29, 0.717) is 49.9 Å². The van der Waals surface area contributed by atoms with E-state index in [-0.39, 0.29) is 17.6 Å². The summed E-state index contributed by atoms with van der Waals surface area (Å²) in [7, 11) is -4.99. The standard InChI is InChI=1S/C29H26FN5O4S/c1-16(2)39-26-12-23-25(11-22(26)18-10-20(15-33-14-18)40(30,37)38)35(19-5-7-32-8-6-19)29-27(28(23)36)21-4-3-17(13-31)9-24(21)34-29/h3-4,9-12,14-16,19,32,34H,5-8H2,1-2H3. The van der Waals surface area contributed by atoms with E-state index >= 15 is 0 Å². The first-order chi connectivity index (χ1) is 19.2. The van der Waals surface area contributed by atoms with Crippen LogP contribution in [0.15, 0.2) is 58.5 Å². The zero-order chi connectivity index (χ0) is 28.2. The summed E-state index contributed by atoms with van der Waals surface area (Å²) in [5, 5.41) is 14.5. The van der Waals surface area contributed by atoms with Gasteiger partial charge in [-0.1, -0.05) is 6.07 Å². The quantitative estimate of drug-likeness (QED) is 0.292. The molecule has 0 saturated carbocycles. The molecule has 0 unspecified atom stereocenters. The molecule has 0 atom stereocenters. The first-order valence-corrected chi connectivity index (χ1v) is 14.4. The minimum absolute atomic E-state index is 0.0516. The number of aromatic amines is 1. The van der Waals surface area contributed by atoms with Crippen LogP contribution in [0, 0.1) is 11.3 Å². The van der Waals surface area contributed by atoms with Gasteiger partial charge in [0.2, 0.25) is 0 Å². The summed E-state index contributed by atoms with van der Waals surface area (Å²) < 4.78 is 45.5. The Labute approximate surface area is 229 Å². The molecular weight excluding hydrogens is 533 g/mol. The van der Waals surface area contributed by atoms with Crippen LogP contribution in [0.1, 0.15) is 38.3 Å². The van der Waals surface area contributed by atoms with Crippen LogP contribution in [0.3, 0.4) is 0 Å². The van der Waals surface area contributed by atoms with Gasteiger partial charge in [-0.15, -0.1) is 3.89 Å². The molecule has 1 aliphatic rings. The van der Waals surface area contributed by atoms with Gasteiger partial charge < -0.3 is 19.6 Å². The van der Waals surface area contributed by atoms with Gasteiger partial charge in [0.05, 0.1) is 34.0 Å². The fourth-order valence-corrected chi connectivity index (χ4v) is 6.04. The fraction of sp³-hybridized carbons (Fsp3) is 0.276. The Bertz CT molecular complexity index is 2020. The summed E-state index contributed by atoms with van der Waals surface area (Å²) in [6.45, 7) is 5.30. The first kappa shape index (κ1) is 26.0. The molecular formula is C29H26FN5O4S. The maximum atomic E-state index is 14.1. The predicted molar refractivity (Wildman–Crippen MR) is 151 cm³/mol. The number of benzene rings is 2. The van der Waals surface area contributed by atoms with Crippen molar-refractivity contribution in [2.45, 2.75) is 43.7 Å². The lowest BCUT2D eigenvalue weighted by molar-refractivity contribution is 0.244. The van der Waals surface area contributed by atoms with Crippen molar-refractivity contribution < 1.29 is 17.0 Å². The van der Waals surface area contributed by atoms with E-state index in [9.17, 15) is 22.4 Å². The minimum atomic E-state index is -4.99. The second kappa shape index (κ2) is 9.73. The van der Waals surface area contributed by atoms with E-state index in [1.54, 1.807) is 30.3 Å². The zero-order valence-electron chi connectivity index (χ0n) is 21.9. The number of hydrogen-bond donors (Lipinski definition) is 2. The Hall–Kier alpha value is -4.27. The molecule has 0 radical (unpaired) electrons. The van der Waals surface area contributed by atoms with Crippen molar-refractivity contribution >= 4 is 43.1 Å². The van der Waals surface area contributed by atoms with Crippen LogP contribution < -0.4 is 15.5 Å². The second-order valence-corrected chi connectivity index (χ2v) is 11.6. The molecule has 0 aliphatic carbocycles. The smallest absolute Gasteiger partial charge is 0.333 e. The van der Waals surface area contributed by atoms with Gasteiger partial charge in [0.1, 0.15) is 16.3 Å². The Balaban J connectivity index is 1.75. The largest absolute Gasteiger partial charge is 0.490 e. The van der Waals surface area contributed by atoms with Crippen molar-refractivity contribution in [3.63, 3.8) is 0 Å². The molecule has 2 N–H and O–H groups in total. The van der Waals surface area contributed by atoms with E-state index in [2.05, 4.69) is 25.9 Å². The highest BCUT2D eigenvalue weighted by Crippen LogP contribution is 2.39. The topological polar surface area (TPSA) is 130 Å². The van der Waals surface area contributed by atoms with Crippen molar-refractivity contribution in [2.75, 3.05) is 13.1 Å². The highest BCUT2D eigenvalue weighted by Gasteiger charge is 2.25. The van der Waals surface area contributed by atoms with Crippen LogP contribution in [0.2, 0.25) is 0 Å². The lowest BCUT2D eigenvalue weighted by Crippen LogP contribution is -2.30. The molecule has 3 aromatic heterocycles. The number of nitrogens with one attached hydrogen (secondary N) is 2. The number of nitrogens with zero attached hydrogens (tertiary/aromatic N) is 3. The third kappa shape index (κ3) is 4.39. The number of ether oxygens (including phenoxy) is 1. The third-order valence-electron chi connectivity index (χ3n) is 7.32. The Morgan fingerprint density at radius 1 is 1.12 bits per heavy atom. The number of halogens is 1. The highest BCUT2D eigenvalue weighted by molar-refractivity contribution is 7.86. The Morgan fingerprint density at radius 3 is 2.60 bits per heavy atom. The average Bonchev–Trinajstić information content (AvgIpc) is 3.31. The second-order valence-electron chi connectivity index (χ2n) is 10.3. The zero-order valence-corrected chi connectivity index (χ0v) is 22.7. The number of piperidine rings is 1. The van der Waals surface area contributed by atoms with Crippen molar-refractivity contribution in [3.05, 3.63) is 64.6 Å². The Morgan fingerprint density at radius 2 is 1.90 bits per heavy atom. The van der Waals surface area contributed by atoms with E-state index in [1.165, 1.54) is 12.3 Å². The predicted octanol–water partition coefficient (Wildman–Crippen LogP) is 4.94. The molecule has 0 bridgehead atoms. The lowest BCUT2D eigenvalue weighted by atomic mass is 9.99. The van der Waals surface area contributed by atoms with Gasteiger partial charge >= 0.3 is 10.2 Å². The van der Waals surface area contributed by atoms with Gasteiger partial charge in [-0.25, -0.2) is 0 Å². The van der Waals surface area contributed by atoms with Gasteiger partial charge in [0.15, 0.2) is 5.43 Å². The van der Waals surface area contributed by atoms with Crippen molar-refractivity contribution in [3.8, 4) is 22.9 Å². The van der Waals surface area contributed by atoms with E-state index in [0.717, 1.165) is 37.5 Å². The molecule has 4 heterocycles. The Kier molecular flexibility index (Phi) is 6.32. The average molecular weight is 560 g/mol. The maximum Gasteiger partial charge on any atom is 0.333 e. The number of aromatic nitrogens is 3. The molecule has 1 aliphatic heterocycles. The summed E-state index contributed by atoms with van der Waals surface area (Å²) in [4.78, 5) is 20.9. The number of hydrogen-bond acceptors (Lipinski definition) is 7. The molecule has 1 saturated heterocycles. The summed E-state index contributed by atoms with van der Waals surface area (Å²) >= 11 is 0. The molecule has 204 valence electrons. The molecule has 2 aromatic carbocycles. The summed E-state index contributed by atoms with van der Waals surface area (Å²) in [5.41, 5.74) is 3.10. The number of H-pyrrole nitrogens is 1. The monoisotopic (exact) mass is 559 g/mol. The third-order valence-corrected chi connectivity index (χ3v) is 8.11. The van der Waals surface area contributed by atoms with Gasteiger partial charge in [-0.3, -0.25) is 9.78 Å². The molecule has 1 fully saturated rings. The highest BCUT2D eigenvalue weighted by atomic mass is 32.3. The lowest BCUT2D eigenvalue weighted by Gasteiger charge is -2.28. The van der Waals surface area contributed by atoms with Crippen LogP contribution in [-0.2, 0) is 10.2 Å². The SMILES string of the molecule is CC(C)Oc1cc2c(=O)c3c4ccc(C#N)cc4[nH]c3n(C3CCNCC3)c2cc1-c1cncc(S(=O)(=O)F)c1. The van der Waals surface area contributed by atoms with E-state index < -0.39 is 15.1 Å². The van der Waals surface area contributed by atoms with Gasteiger partial charge in [0, 0.05) is 40.5 Å². The van der Waals surface area contributed by atoms with Crippen LogP contribution in [-0.4, -0.2) is 42.1 Å². The molecule has 9 nitrogen and oxygen atoms in total. The van der Waals surface area contributed by atoms with Crippen LogP contribution in [0.4, 0.5) is 3.89 Å². The maximum absolute atomic E-state index is 14.1. The van der Waals surface area contributed by atoms with Crippen molar-refractivity contribution in [1.82, 2.24) is 19.9 Å². The van der Waals surface area contributed by atoms with E-state index in [1.807, 2.05) is 13.8 Å². The van der Waals surface area contributed by atoms with Crippen LogP contribution >= 0.6 is 0 Å². The van der Waals surface area contributed by atoms with Crippen LogP contribution in [0.25, 0.3) is 44.0 Å². The number of nitriles is 1. The fourth-order valence-electron chi connectivity index (χ4n) is 5.59. The number of fused-ring (bicyclic) bond motifs is 4. The summed E-state index contributed by atoms with van der Waals surface area (Å²) in [5.74, 6) is 0.359. The molecule has 5 aromatic rings. The minimum Gasteiger partial charge on any atom is -0.490 e. The molecule has 11 heteroatoms. The van der Waals surface area contributed by atoms with Gasteiger partial charge in [0.25, 0.3) is 0 Å². The molecule has 6 rings (SSSR count). The number of rotatable bonds is 5. The van der Waals surface area contributed by atoms with Crippen molar-refractivity contribution in [1.29, 1.82) is 5.26 Å². The molecule has 40 heavy (non-hydrogen) atoms. The van der Waals surface area contributed by atoms with Crippen molar-refractivity contribution in [2.24, 2.45) is 0 Å². The van der Waals surface area contributed by atoms with E-state index in [4.69, 9.17) is 4.74 Å². The first-order valence-electron chi connectivity index (χ1n) is 13.0. The van der Waals surface area contributed by atoms with Gasteiger partial charge in [-0.2, -0.15) is 13.7 Å². The van der Waals surface area contributed by atoms with Crippen LogP contribution in [0.5, 0.6) is 5.75 Å². The summed E-state index contributed by atoms with van der Waals surface area (Å²) in [6, 6.07) is 12.1. The molecule has 0 spiro atoms. The normalized spacial score (nSPS) is 14.8. The molecule has 0 amide bonds. The summed E-state index contributed by atoms with van der Waals surface area (Å²) in [6.07, 6.45) is 3.79.